The Hall–Kier alpha value is -0.910. The lowest BCUT2D eigenvalue weighted by molar-refractivity contribution is 0.107. The Bertz CT molecular complexity index is 385. The molecule has 4 nitrogen and oxygen atoms in total. The standard InChI is InChI=1S/C10H14O4S/c1-2-9(11)8-14-15(12,13)10-6-4-3-5-7-10/h3-7,9,11H,2,8H2,1H3. The maximum atomic E-state index is 11.5. The van der Waals surface area contributed by atoms with Gasteiger partial charge in [-0.3, -0.25) is 4.18 Å². The van der Waals surface area contributed by atoms with E-state index < -0.39 is 16.2 Å². The van der Waals surface area contributed by atoms with Crippen molar-refractivity contribution >= 4 is 10.1 Å². The zero-order valence-corrected chi connectivity index (χ0v) is 9.28. The topological polar surface area (TPSA) is 63.6 Å². The fourth-order valence-electron chi connectivity index (χ4n) is 0.941. The second-order valence-electron chi connectivity index (χ2n) is 3.11. The van der Waals surface area contributed by atoms with Gasteiger partial charge in [-0.25, -0.2) is 0 Å². The molecule has 5 heteroatoms. The highest BCUT2D eigenvalue weighted by Gasteiger charge is 2.15. The molecule has 1 unspecified atom stereocenters. The Kier molecular flexibility index (Phi) is 4.26. The Morgan fingerprint density at radius 2 is 1.93 bits per heavy atom. The van der Waals surface area contributed by atoms with Gasteiger partial charge < -0.3 is 5.11 Å². The first-order chi connectivity index (χ1) is 7.06. The molecule has 0 saturated heterocycles. The number of aliphatic hydroxyl groups excluding tert-OH is 1. The summed E-state index contributed by atoms with van der Waals surface area (Å²) in [5.41, 5.74) is 0. The van der Waals surface area contributed by atoms with Crippen molar-refractivity contribution in [2.24, 2.45) is 0 Å². The molecule has 0 aliphatic heterocycles. The van der Waals surface area contributed by atoms with Crippen molar-refractivity contribution in [3.63, 3.8) is 0 Å². The van der Waals surface area contributed by atoms with E-state index in [-0.39, 0.29) is 11.5 Å². The summed E-state index contributed by atoms with van der Waals surface area (Å²) in [6, 6.07) is 7.86. The van der Waals surface area contributed by atoms with Crippen LogP contribution in [0, 0.1) is 0 Å². The number of benzene rings is 1. The average molecular weight is 230 g/mol. The molecule has 0 spiro atoms. The molecule has 0 aromatic heterocycles. The van der Waals surface area contributed by atoms with E-state index in [1.165, 1.54) is 12.1 Å². The van der Waals surface area contributed by atoms with Crippen molar-refractivity contribution in [1.82, 2.24) is 0 Å². The molecule has 84 valence electrons. The van der Waals surface area contributed by atoms with Crippen LogP contribution in [0.1, 0.15) is 13.3 Å². The van der Waals surface area contributed by atoms with E-state index in [2.05, 4.69) is 0 Å². The van der Waals surface area contributed by atoms with Crippen LogP contribution < -0.4 is 0 Å². The van der Waals surface area contributed by atoms with Gasteiger partial charge in [-0.05, 0) is 18.6 Å². The summed E-state index contributed by atoms with van der Waals surface area (Å²) in [6.45, 7) is 1.55. The minimum Gasteiger partial charge on any atom is -0.391 e. The van der Waals surface area contributed by atoms with Crippen LogP contribution in [0.25, 0.3) is 0 Å². The zero-order valence-electron chi connectivity index (χ0n) is 8.46. The number of aliphatic hydroxyl groups is 1. The average Bonchev–Trinajstić information content (AvgIpc) is 2.27. The summed E-state index contributed by atoms with van der Waals surface area (Å²) in [7, 11) is -3.73. The van der Waals surface area contributed by atoms with Crippen molar-refractivity contribution in [3.8, 4) is 0 Å². The lowest BCUT2D eigenvalue weighted by atomic mass is 10.3. The molecule has 1 aromatic carbocycles. The smallest absolute Gasteiger partial charge is 0.297 e. The molecule has 0 fully saturated rings. The highest BCUT2D eigenvalue weighted by Crippen LogP contribution is 2.11. The molecule has 0 saturated carbocycles. The van der Waals surface area contributed by atoms with Gasteiger partial charge in [-0.2, -0.15) is 8.42 Å². The Morgan fingerprint density at radius 1 is 1.33 bits per heavy atom. The molecular formula is C10H14O4S. The van der Waals surface area contributed by atoms with Gasteiger partial charge in [0.05, 0.1) is 17.6 Å². The van der Waals surface area contributed by atoms with E-state index in [0.717, 1.165) is 0 Å². The first-order valence-corrected chi connectivity index (χ1v) is 6.09. The van der Waals surface area contributed by atoms with Gasteiger partial charge in [0.25, 0.3) is 10.1 Å². The molecular weight excluding hydrogens is 216 g/mol. The molecule has 1 aromatic rings. The lowest BCUT2D eigenvalue weighted by Crippen LogP contribution is -2.17. The van der Waals surface area contributed by atoms with Gasteiger partial charge >= 0.3 is 0 Å². The van der Waals surface area contributed by atoms with Crippen molar-refractivity contribution in [2.75, 3.05) is 6.61 Å². The lowest BCUT2D eigenvalue weighted by Gasteiger charge is -2.08. The van der Waals surface area contributed by atoms with Crippen LogP contribution in [-0.2, 0) is 14.3 Å². The number of hydrogen-bond donors (Lipinski definition) is 1. The molecule has 0 radical (unpaired) electrons. The largest absolute Gasteiger partial charge is 0.391 e. The number of hydrogen-bond acceptors (Lipinski definition) is 4. The minimum absolute atomic E-state index is 0.105. The van der Waals surface area contributed by atoms with Crippen LogP contribution in [-0.4, -0.2) is 26.2 Å². The van der Waals surface area contributed by atoms with Crippen LogP contribution in [0.15, 0.2) is 35.2 Å². The molecule has 0 heterocycles. The normalized spacial score (nSPS) is 13.7. The predicted molar refractivity (Wildman–Crippen MR) is 55.9 cm³/mol. The Balaban J connectivity index is 2.69. The third kappa shape index (κ3) is 3.62. The van der Waals surface area contributed by atoms with E-state index in [1.807, 2.05) is 0 Å². The molecule has 0 amide bonds. The third-order valence-electron chi connectivity index (χ3n) is 1.92. The molecule has 1 atom stereocenters. The second kappa shape index (κ2) is 5.25. The molecule has 0 aliphatic carbocycles. The van der Waals surface area contributed by atoms with Gasteiger partial charge in [0.2, 0.25) is 0 Å². The maximum Gasteiger partial charge on any atom is 0.297 e. The molecule has 1 rings (SSSR count). The van der Waals surface area contributed by atoms with Crippen molar-refractivity contribution in [2.45, 2.75) is 24.3 Å². The van der Waals surface area contributed by atoms with E-state index in [9.17, 15) is 13.5 Å². The van der Waals surface area contributed by atoms with Gasteiger partial charge in [-0.15, -0.1) is 0 Å². The zero-order chi connectivity index (χ0) is 11.3. The van der Waals surface area contributed by atoms with E-state index in [0.29, 0.717) is 6.42 Å². The fraction of sp³-hybridized carbons (Fsp3) is 0.400. The highest BCUT2D eigenvalue weighted by molar-refractivity contribution is 7.86. The van der Waals surface area contributed by atoms with Crippen molar-refractivity contribution in [1.29, 1.82) is 0 Å². The summed E-state index contributed by atoms with van der Waals surface area (Å²) in [6.07, 6.45) is -0.284. The fourth-order valence-corrected chi connectivity index (χ4v) is 1.90. The SMILES string of the molecule is CCC(O)COS(=O)(=O)c1ccccc1. The second-order valence-corrected chi connectivity index (χ2v) is 4.73. The maximum absolute atomic E-state index is 11.5. The first-order valence-electron chi connectivity index (χ1n) is 4.69. The Labute approximate surface area is 89.6 Å². The van der Waals surface area contributed by atoms with Crippen LogP contribution >= 0.6 is 0 Å². The van der Waals surface area contributed by atoms with Crippen LogP contribution in [0.2, 0.25) is 0 Å². The number of rotatable bonds is 5. The van der Waals surface area contributed by atoms with Crippen LogP contribution in [0.4, 0.5) is 0 Å². The van der Waals surface area contributed by atoms with Crippen LogP contribution in [0.5, 0.6) is 0 Å². The first kappa shape index (κ1) is 12.2. The van der Waals surface area contributed by atoms with Crippen LogP contribution in [0.3, 0.4) is 0 Å². The molecule has 1 N–H and O–H groups in total. The molecule has 15 heavy (non-hydrogen) atoms. The summed E-state index contributed by atoms with van der Waals surface area (Å²) < 4.78 is 27.7. The van der Waals surface area contributed by atoms with E-state index in [1.54, 1.807) is 25.1 Å². The monoisotopic (exact) mass is 230 g/mol. The molecule has 0 aliphatic rings. The summed E-state index contributed by atoms with van der Waals surface area (Å²) in [5.74, 6) is 0. The van der Waals surface area contributed by atoms with Crippen molar-refractivity contribution < 1.29 is 17.7 Å². The third-order valence-corrected chi connectivity index (χ3v) is 3.21. The molecule has 0 bridgehead atoms. The van der Waals surface area contributed by atoms with Gasteiger partial charge in [0.15, 0.2) is 0 Å². The van der Waals surface area contributed by atoms with Crippen molar-refractivity contribution in [3.05, 3.63) is 30.3 Å². The summed E-state index contributed by atoms with van der Waals surface area (Å²) >= 11 is 0. The van der Waals surface area contributed by atoms with E-state index in [4.69, 9.17) is 4.18 Å². The predicted octanol–water partition coefficient (Wildman–Crippen LogP) is 1.16. The van der Waals surface area contributed by atoms with Gasteiger partial charge in [-0.1, -0.05) is 25.1 Å². The van der Waals surface area contributed by atoms with Gasteiger partial charge in [0.1, 0.15) is 0 Å². The van der Waals surface area contributed by atoms with E-state index >= 15 is 0 Å². The quantitative estimate of drug-likeness (QED) is 0.771. The Morgan fingerprint density at radius 3 is 2.47 bits per heavy atom. The summed E-state index contributed by atoms with van der Waals surface area (Å²) in [5, 5.41) is 9.18. The van der Waals surface area contributed by atoms with Gasteiger partial charge in [0, 0.05) is 0 Å². The highest BCUT2D eigenvalue weighted by atomic mass is 32.2. The summed E-state index contributed by atoms with van der Waals surface area (Å²) in [4.78, 5) is 0.105. The minimum atomic E-state index is -3.73.